The normalized spacial score (nSPS) is 17.1. The van der Waals surface area contributed by atoms with Crippen molar-refractivity contribution in [2.75, 3.05) is 23.1 Å². The van der Waals surface area contributed by atoms with Crippen LogP contribution in [-0.4, -0.2) is 45.0 Å². The minimum absolute atomic E-state index is 0.0504. The molecular weight excluding hydrogens is 566 g/mol. The van der Waals surface area contributed by atoms with Crippen LogP contribution in [0.25, 0.3) is 0 Å². The van der Waals surface area contributed by atoms with Gasteiger partial charge in [-0.15, -0.1) is 11.6 Å². The van der Waals surface area contributed by atoms with Crippen molar-refractivity contribution < 1.29 is 14.0 Å². The molecule has 0 spiro atoms. The van der Waals surface area contributed by atoms with Crippen molar-refractivity contribution in [2.45, 2.75) is 9.40 Å². The molecular formula is C19H15Br2Cl2FN4O2. The lowest BCUT2D eigenvalue weighted by atomic mass is 10.2. The van der Waals surface area contributed by atoms with Crippen molar-refractivity contribution in [1.29, 1.82) is 0 Å². The number of anilines is 2. The fourth-order valence-corrected chi connectivity index (χ4v) is 3.48. The Morgan fingerprint density at radius 3 is 2.43 bits per heavy atom. The highest BCUT2D eigenvalue weighted by molar-refractivity contribution is 9.25. The first-order valence-corrected chi connectivity index (χ1v) is 11.1. The van der Waals surface area contributed by atoms with E-state index >= 15 is 0 Å². The number of alkyl halides is 3. The van der Waals surface area contributed by atoms with Crippen molar-refractivity contribution in [3.63, 3.8) is 0 Å². The highest BCUT2D eigenvalue weighted by Gasteiger charge is 2.44. The van der Waals surface area contributed by atoms with Gasteiger partial charge in [-0.3, -0.25) is 9.69 Å². The van der Waals surface area contributed by atoms with Crippen LogP contribution in [0.15, 0.2) is 53.5 Å². The molecule has 3 rings (SSSR count). The second-order valence-electron chi connectivity index (χ2n) is 6.31. The second-order valence-corrected chi connectivity index (χ2v) is 10.9. The highest BCUT2D eigenvalue weighted by Crippen LogP contribution is 2.36. The van der Waals surface area contributed by atoms with E-state index in [9.17, 15) is 14.0 Å². The Labute approximate surface area is 199 Å². The molecule has 1 heterocycles. The molecule has 30 heavy (non-hydrogen) atoms. The van der Waals surface area contributed by atoms with Gasteiger partial charge in [0.2, 0.25) is 5.84 Å². The fourth-order valence-electron chi connectivity index (χ4n) is 2.71. The van der Waals surface area contributed by atoms with Gasteiger partial charge in [0.1, 0.15) is 15.2 Å². The third-order valence-corrected chi connectivity index (χ3v) is 7.10. The SMILES string of the molecule is CN1C(=O)N(c2ccccc2F)C(=O)C1=NC(Nc1ccccc1Cl)C(Br)(Br)CCl. The number of likely N-dealkylation sites (N-methyl/N-ethyl adjacent to an activating group) is 1. The van der Waals surface area contributed by atoms with Gasteiger partial charge in [-0.25, -0.2) is 19.1 Å². The number of hydrogen-bond acceptors (Lipinski definition) is 4. The molecule has 0 radical (unpaired) electrons. The molecule has 1 saturated heterocycles. The van der Waals surface area contributed by atoms with Crippen molar-refractivity contribution in [3.8, 4) is 0 Å². The Hall–Kier alpha value is -1.68. The Morgan fingerprint density at radius 2 is 1.80 bits per heavy atom. The number of aliphatic imine (C=N–C) groups is 1. The average molecular weight is 581 g/mol. The van der Waals surface area contributed by atoms with E-state index in [1.165, 1.54) is 31.3 Å². The zero-order valence-electron chi connectivity index (χ0n) is 15.5. The summed E-state index contributed by atoms with van der Waals surface area (Å²) in [6, 6.07) is 11.8. The first-order valence-electron chi connectivity index (χ1n) is 8.56. The van der Waals surface area contributed by atoms with Gasteiger partial charge in [0.25, 0.3) is 0 Å². The van der Waals surface area contributed by atoms with Crippen LogP contribution >= 0.6 is 55.1 Å². The van der Waals surface area contributed by atoms with Gasteiger partial charge in [-0.05, 0) is 24.3 Å². The standard InChI is InChI=1S/C19H15Br2Cl2FN4O2/c1-27-15(16(29)28(18(27)30)14-9-5-3-7-12(14)24)26-17(19(20,21)10-22)25-13-8-4-2-6-11(13)23/h2-9,17,25H,10H2,1H3. The number of para-hydroxylation sites is 2. The van der Waals surface area contributed by atoms with Crippen LogP contribution in [0.5, 0.6) is 0 Å². The van der Waals surface area contributed by atoms with Gasteiger partial charge in [-0.1, -0.05) is 67.7 Å². The third kappa shape index (κ3) is 4.49. The maximum atomic E-state index is 14.2. The number of hydrogen-bond donors (Lipinski definition) is 1. The van der Waals surface area contributed by atoms with Gasteiger partial charge in [0.15, 0.2) is 0 Å². The molecule has 2 aromatic rings. The summed E-state index contributed by atoms with van der Waals surface area (Å²) in [6.45, 7) is 0. The molecule has 0 bridgehead atoms. The van der Waals surface area contributed by atoms with E-state index < -0.39 is 27.2 Å². The Kier molecular flexibility index (Phi) is 7.06. The monoisotopic (exact) mass is 578 g/mol. The van der Waals surface area contributed by atoms with Crippen LogP contribution in [0, 0.1) is 5.82 Å². The Bertz CT molecular complexity index is 1020. The van der Waals surface area contributed by atoms with Crippen LogP contribution in [0.2, 0.25) is 5.02 Å². The molecule has 1 N–H and O–H groups in total. The van der Waals surface area contributed by atoms with Crippen LogP contribution in [0.4, 0.5) is 20.6 Å². The maximum absolute atomic E-state index is 14.2. The topological polar surface area (TPSA) is 65.0 Å². The van der Waals surface area contributed by atoms with Gasteiger partial charge in [-0.2, -0.15) is 0 Å². The second kappa shape index (κ2) is 9.21. The lowest BCUT2D eigenvalue weighted by Crippen LogP contribution is -2.40. The number of imide groups is 1. The van der Waals surface area contributed by atoms with Gasteiger partial charge in [0.05, 0.1) is 22.3 Å². The zero-order valence-corrected chi connectivity index (χ0v) is 20.1. The summed E-state index contributed by atoms with van der Waals surface area (Å²) in [6.07, 6.45) is -0.857. The Balaban J connectivity index is 2.02. The summed E-state index contributed by atoms with van der Waals surface area (Å²) in [7, 11) is 1.39. The van der Waals surface area contributed by atoms with E-state index in [0.717, 1.165) is 9.80 Å². The van der Waals surface area contributed by atoms with Crippen molar-refractivity contribution in [3.05, 3.63) is 59.4 Å². The molecule has 158 valence electrons. The fraction of sp³-hybridized carbons (Fsp3) is 0.211. The van der Waals surface area contributed by atoms with Crippen molar-refractivity contribution >= 4 is 84.2 Å². The lowest BCUT2D eigenvalue weighted by Gasteiger charge is -2.28. The summed E-state index contributed by atoms with van der Waals surface area (Å²) in [5.74, 6) is -1.59. The van der Waals surface area contributed by atoms with E-state index in [1.54, 1.807) is 24.3 Å². The lowest BCUT2D eigenvalue weighted by molar-refractivity contribution is -0.111. The minimum Gasteiger partial charge on any atom is -0.361 e. The third-order valence-electron chi connectivity index (χ3n) is 4.28. The molecule has 1 fully saturated rings. The van der Waals surface area contributed by atoms with Crippen molar-refractivity contribution in [2.24, 2.45) is 4.99 Å². The number of carbonyl (C=O) groups is 2. The summed E-state index contributed by atoms with van der Waals surface area (Å²) < 4.78 is 13.2. The first-order chi connectivity index (χ1) is 14.2. The molecule has 0 aliphatic carbocycles. The first kappa shape index (κ1) is 23.0. The predicted octanol–water partition coefficient (Wildman–Crippen LogP) is 5.44. The van der Waals surface area contributed by atoms with Crippen LogP contribution < -0.4 is 10.2 Å². The number of amides is 3. The largest absolute Gasteiger partial charge is 0.361 e. The van der Waals surface area contributed by atoms with E-state index in [1.807, 2.05) is 0 Å². The molecule has 3 amide bonds. The van der Waals surface area contributed by atoms with Crippen LogP contribution in [0.3, 0.4) is 0 Å². The number of amidine groups is 1. The number of nitrogens with one attached hydrogen (secondary N) is 1. The Morgan fingerprint density at radius 1 is 1.17 bits per heavy atom. The molecule has 11 heteroatoms. The summed E-state index contributed by atoms with van der Waals surface area (Å²) in [4.78, 5) is 31.9. The number of nitrogens with zero attached hydrogens (tertiary/aromatic N) is 3. The van der Waals surface area contributed by atoms with E-state index in [2.05, 4.69) is 42.2 Å². The molecule has 1 aliphatic heterocycles. The molecule has 0 aromatic heterocycles. The number of urea groups is 1. The number of carbonyl (C=O) groups excluding carboxylic acids is 2. The van der Waals surface area contributed by atoms with E-state index in [-0.39, 0.29) is 17.4 Å². The molecule has 1 aliphatic rings. The maximum Gasteiger partial charge on any atom is 0.337 e. The van der Waals surface area contributed by atoms with Crippen LogP contribution in [-0.2, 0) is 4.79 Å². The molecule has 1 atom stereocenters. The van der Waals surface area contributed by atoms with E-state index in [4.69, 9.17) is 23.2 Å². The molecule has 6 nitrogen and oxygen atoms in total. The zero-order chi connectivity index (χ0) is 22.1. The van der Waals surface area contributed by atoms with Crippen LogP contribution in [0.1, 0.15) is 0 Å². The van der Waals surface area contributed by atoms with Crippen molar-refractivity contribution in [1.82, 2.24) is 4.90 Å². The number of rotatable bonds is 6. The van der Waals surface area contributed by atoms with Gasteiger partial charge in [0, 0.05) is 7.05 Å². The molecule has 1 unspecified atom stereocenters. The highest BCUT2D eigenvalue weighted by atomic mass is 79.9. The minimum atomic E-state index is -0.983. The summed E-state index contributed by atoms with van der Waals surface area (Å²) in [5, 5.41) is 3.54. The summed E-state index contributed by atoms with van der Waals surface area (Å²) in [5.41, 5.74) is 0.397. The molecule has 0 saturated carbocycles. The molecule has 2 aromatic carbocycles. The van der Waals surface area contributed by atoms with Gasteiger partial charge < -0.3 is 5.32 Å². The van der Waals surface area contributed by atoms with Gasteiger partial charge >= 0.3 is 11.9 Å². The predicted molar refractivity (Wildman–Crippen MR) is 125 cm³/mol. The quantitative estimate of drug-likeness (QED) is 0.366. The smallest absolute Gasteiger partial charge is 0.337 e. The average Bonchev–Trinajstić information content (AvgIpc) is 2.92. The summed E-state index contributed by atoms with van der Waals surface area (Å²) >= 11 is 19.2. The van der Waals surface area contributed by atoms with E-state index in [0.29, 0.717) is 10.7 Å². The number of halogens is 5. The number of benzene rings is 2.